The number of carbonyl (C=O) groups is 2. The maximum atomic E-state index is 12.3. The van der Waals surface area contributed by atoms with Gasteiger partial charge < -0.3 is 9.73 Å². The molecule has 168 valence electrons. The minimum absolute atomic E-state index is 0.141. The Hall–Kier alpha value is -2.96. The number of para-hydroxylation sites is 1. The van der Waals surface area contributed by atoms with Crippen molar-refractivity contribution in [2.24, 2.45) is 5.10 Å². The molecule has 1 aromatic heterocycles. The van der Waals surface area contributed by atoms with Crippen LogP contribution in [0.25, 0.3) is 11.0 Å². The van der Waals surface area contributed by atoms with E-state index >= 15 is 0 Å². The summed E-state index contributed by atoms with van der Waals surface area (Å²) < 4.78 is 5.38. The van der Waals surface area contributed by atoms with Crippen molar-refractivity contribution < 1.29 is 14.0 Å². The third kappa shape index (κ3) is 9.15. The predicted molar refractivity (Wildman–Crippen MR) is 123 cm³/mol. The van der Waals surface area contributed by atoms with Gasteiger partial charge >= 0.3 is 0 Å². The molecule has 0 aliphatic carbocycles. The van der Waals surface area contributed by atoms with Crippen LogP contribution in [0, 0.1) is 0 Å². The van der Waals surface area contributed by atoms with Crippen LogP contribution in [-0.2, 0) is 9.59 Å². The minimum Gasteiger partial charge on any atom is -0.463 e. The SMILES string of the molecule is CCCCCCCCCCCC(=O)NCC(=O)NN=Cc1coc2ccccc2c1=O. The lowest BCUT2D eigenvalue weighted by atomic mass is 10.1. The van der Waals surface area contributed by atoms with Gasteiger partial charge in [-0.15, -0.1) is 0 Å². The fourth-order valence-corrected chi connectivity index (χ4v) is 3.26. The van der Waals surface area contributed by atoms with Crippen molar-refractivity contribution in [1.82, 2.24) is 10.7 Å². The first-order valence-corrected chi connectivity index (χ1v) is 11.2. The predicted octanol–water partition coefficient (Wildman–Crippen LogP) is 4.28. The van der Waals surface area contributed by atoms with Crippen molar-refractivity contribution in [2.45, 2.75) is 71.1 Å². The standard InChI is InChI=1S/C24H33N3O4/c1-2-3-4-5-6-7-8-9-10-15-22(28)25-17-23(29)27-26-16-19-18-31-21-14-12-11-13-20(21)24(19)30/h11-14,16,18H,2-10,15,17H2,1H3,(H,25,28)(H,27,29). The van der Waals surface area contributed by atoms with Crippen LogP contribution in [0.2, 0.25) is 0 Å². The van der Waals surface area contributed by atoms with Gasteiger partial charge in [0.25, 0.3) is 5.91 Å². The Kier molecular flexibility index (Phi) is 11.1. The van der Waals surface area contributed by atoms with Crippen molar-refractivity contribution in [3.8, 4) is 0 Å². The first-order valence-electron chi connectivity index (χ1n) is 11.2. The number of carbonyl (C=O) groups excluding carboxylic acids is 2. The molecule has 0 saturated carbocycles. The van der Waals surface area contributed by atoms with Crippen LogP contribution in [0.1, 0.15) is 76.7 Å². The molecule has 1 aromatic carbocycles. The second kappa shape index (κ2) is 14.1. The van der Waals surface area contributed by atoms with E-state index in [1.54, 1.807) is 24.3 Å². The van der Waals surface area contributed by atoms with Gasteiger partial charge in [-0.1, -0.05) is 70.4 Å². The number of benzene rings is 1. The van der Waals surface area contributed by atoms with E-state index in [2.05, 4.69) is 22.8 Å². The molecular weight excluding hydrogens is 394 g/mol. The molecule has 0 atom stereocenters. The number of hydrogen-bond acceptors (Lipinski definition) is 5. The minimum atomic E-state index is -0.457. The molecule has 1 heterocycles. The summed E-state index contributed by atoms with van der Waals surface area (Å²) in [6, 6.07) is 6.90. The average molecular weight is 428 g/mol. The molecule has 2 amide bonds. The van der Waals surface area contributed by atoms with Crippen LogP contribution >= 0.6 is 0 Å². The van der Waals surface area contributed by atoms with E-state index in [0.717, 1.165) is 19.3 Å². The van der Waals surface area contributed by atoms with Gasteiger partial charge in [-0.3, -0.25) is 14.4 Å². The molecule has 2 rings (SSSR count). The highest BCUT2D eigenvalue weighted by atomic mass is 16.3. The number of nitrogens with zero attached hydrogens (tertiary/aromatic N) is 1. The molecule has 0 spiro atoms. The monoisotopic (exact) mass is 427 g/mol. The summed E-state index contributed by atoms with van der Waals surface area (Å²) in [5, 5.41) is 6.81. The van der Waals surface area contributed by atoms with Gasteiger partial charge in [0.15, 0.2) is 0 Å². The lowest BCUT2D eigenvalue weighted by Crippen LogP contribution is -2.34. The van der Waals surface area contributed by atoms with E-state index in [1.165, 1.54) is 51.0 Å². The number of fused-ring (bicyclic) bond motifs is 1. The van der Waals surface area contributed by atoms with Gasteiger partial charge in [-0.05, 0) is 18.6 Å². The van der Waals surface area contributed by atoms with Crippen LogP contribution in [-0.4, -0.2) is 24.6 Å². The van der Waals surface area contributed by atoms with E-state index in [0.29, 0.717) is 17.4 Å². The van der Waals surface area contributed by atoms with Crippen molar-refractivity contribution in [3.63, 3.8) is 0 Å². The summed E-state index contributed by atoms with van der Waals surface area (Å²) in [5.41, 5.74) is 2.79. The van der Waals surface area contributed by atoms with Crippen molar-refractivity contribution in [3.05, 3.63) is 46.3 Å². The maximum Gasteiger partial charge on any atom is 0.259 e. The molecule has 7 nitrogen and oxygen atoms in total. The number of rotatable bonds is 14. The van der Waals surface area contributed by atoms with E-state index < -0.39 is 5.91 Å². The molecule has 7 heteroatoms. The molecule has 2 N–H and O–H groups in total. The summed E-state index contributed by atoms with van der Waals surface area (Å²) in [6.45, 7) is 2.06. The number of nitrogens with one attached hydrogen (secondary N) is 2. The third-order valence-electron chi connectivity index (χ3n) is 5.05. The third-order valence-corrected chi connectivity index (χ3v) is 5.05. The molecule has 0 saturated heterocycles. The van der Waals surface area contributed by atoms with Crippen molar-refractivity contribution in [2.75, 3.05) is 6.54 Å². The number of hydrazone groups is 1. The van der Waals surface area contributed by atoms with E-state index in [9.17, 15) is 14.4 Å². The van der Waals surface area contributed by atoms with E-state index in [4.69, 9.17) is 4.42 Å². The lowest BCUT2D eigenvalue weighted by molar-refractivity contribution is -0.126. The largest absolute Gasteiger partial charge is 0.463 e. The number of hydrogen-bond donors (Lipinski definition) is 2. The molecule has 0 aliphatic rings. The molecule has 31 heavy (non-hydrogen) atoms. The lowest BCUT2D eigenvalue weighted by Gasteiger charge is -2.05. The van der Waals surface area contributed by atoms with Crippen LogP contribution in [0.3, 0.4) is 0 Å². The summed E-state index contributed by atoms with van der Waals surface area (Å²) in [4.78, 5) is 36.0. The fraction of sp³-hybridized carbons (Fsp3) is 0.500. The highest BCUT2D eigenvalue weighted by Crippen LogP contribution is 2.11. The van der Waals surface area contributed by atoms with Gasteiger partial charge in [0.05, 0.1) is 23.7 Å². The zero-order chi connectivity index (χ0) is 22.3. The summed E-state index contributed by atoms with van der Waals surface area (Å²) in [6.07, 6.45) is 13.7. The summed E-state index contributed by atoms with van der Waals surface area (Å²) in [5.74, 6) is -0.598. The van der Waals surface area contributed by atoms with Crippen LogP contribution < -0.4 is 16.2 Å². The van der Waals surface area contributed by atoms with Crippen LogP contribution in [0.4, 0.5) is 0 Å². The molecule has 0 unspecified atom stereocenters. The van der Waals surface area contributed by atoms with Crippen LogP contribution in [0.15, 0.2) is 44.8 Å². The number of unbranched alkanes of at least 4 members (excludes halogenated alkanes) is 8. The normalized spacial score (nSPS) is 11.1. The Morgan fingerprint density at radius 2 is 1.65 bits per heavy atom. The molecule has 0 radical (unpaired) electrons. The van der Waals surface area contributed by atoms with Gasteiger partial charge in [0.2, 0.25) is 11.3 Å². The Bertz CT molecular complexity index is 920. The quantitative estimate of drug-likeness (QED) is 0.267. The Labute approximate surface area is 183 Å². The Morgan fingerprint density at radius 1 is 0.968 bits per heavy atom. The average Bonchev–Trinajstić information content (AvgIpc) is 2.78. The summed E-state index contributed by atoms with van der Waals surface area (Å²) >= 11 is 0. The topological polar surface area (TPSA) is 101 Å². The van der Waals surface area contributed by atoms with Crippen LogP contribution in [0.5, 0.6) is 0 Å². The molecule has 2 aromatic rings. The van der Waals surface area contributed by atoms with Gasteiger partial charge in [0.1, 0.15) is 11.8 Å². The zero-order valence-electron chi connectivity index (χ0n) is 18.3. The first-order chi connectivity index (χ1) is 15.1. The number of amides is 2. The molecule has 0 aliphatic heterocycles. The van der Waals surface area contributed by atoms with Gasteiger partial charge in [0, 0.05) is 6.42 Å². The second-order valence-electron chi connectivity index (χ2n) is 7.66. The zero-order valence-corrected chi connectivity index (χ0v) is 18.3. The smallest absolute Gasteiger partial charge is 0.259 e. The summed E-state index contributed by atoms with van der Waals surface area (Å²) in [7, 11) is 0. The second-order valence-corrected chi connectivity index (χ2v) is 7.66. The van der Waals surface area contributed by atoms with Crippen molar-refractivity contribution in [1.29, 1.82) is 0 Å². The Morgan fingerprint density at radius 3 is 2.39 bits per heavy atom. The molecule has 0 bridgehead atoms. The highest BCUT2D eigenvalue weighted by Gasteiger charge is 2.06. The van der Waals surface area contributed by atoms with E-state index in [1.807, 2.05) is 0 Å². The molecule has 0 fully saturated rings. The van der Waals surface area contributed by atoms with E-state index in [-0.39, 0.29) is 23.4 Å². The molecular formula is C24H33N3O4. The first kappa shape index (κ1) is 24.3. The van der Waals surface area contributed by atoms with Gasteiger partial charge in [-0.2, -0.15) is 5.10 Å². The van der Waals surface area contributed by atoms with Gasteiger partial charge in [-0.25, -0.2) is 5.43 Å². The Balaban J connectivity index is 1.59. The maximum absolute atomic E-state index is 12.3. The van der Waals surface area contributed by atoms with Crippen molar-refractivity contribution >= 4 is 29.0 Å². The fourth-order valence-electron chi connectivity index (χ4n) is 3.26. The highest BCUT2D eigenvalue weighted by molar-refractivity contribution is 5.88.